The van der Waals surface area contributed by atoms with E-state index in [-0.39, 0.29) is 11.2 Å². The molecule has 5 heteroatoms. The van der Waals surface area contributed by atoms with Crippen LogP contribution < -0.4 is 5.32 Å². The first-order chi connectivity index (χ1) is 7.58. The number of benzene rings is 1. The third kappa shape index (κ3) is 1.97. The Morgan fingerprint density at radius 2 is 2.12 bits per heavy atom. The monoisotopic (exact) mass is 235 g/mol. The molecule has 1 N–H and O–H groups in total. The van der Waals surface area contributed by atoms with Gasteiger partial charge in [-0.05, 0) is 30.2 Å². The van der Waals surface area contributed by atoms with Gasteiger partial charge in [0.25, 0.3) is 0 Å². The Morgan fingerprint density at radius 3 is 2.81 bits per heavy atom. The Kier molecular flexibility index (Phi) is 2.75. The van der Waals surface area contributed by atoms with Crippen molar-refractivity contribution in [3.8, 4) is 0 Å². The third-order valence-electron chi connectivity index (χ3n) is 2.20. The Balaban J connectivity index is 2.72. The lowest BCUT2D eigenvalue weighted by Crippen LogP contribution is -2.08. The van der Waals surface area contributed by atoms with E-state index in [4.69, 9.17) is 11.6 Å². The SMILES string of the molecule is CC(=O)Nc1nc(Cl)nc2c(C)cccc12. The van der Waals surface area contributed by atoms with Crippen molar-refractivity contribution in [3.63, 3.8) is 0 Å². The molecule has 2 rings (SSSR count). The van der Waals surface area contributed by atoms with Crippen molar-refractivity contribution in [1.29, 1.82) is 0 Å². The number of carbonyl (C=O) groups is 1. The fourth-order valence-electron chi connectivity index (χ4n) is 1.53. The topological polar surface area (TPSA) is 54.9 Å². The van der Waals surface area contributed by atoms with Crippen molar-refractivity contribution < 1.29 is 4.79 Å². The van der Waals surface area contributed by atoms with Crippen molar-refractivity contribution >= 4 is 34.2 Å². The zero-order valence-electron chi connectivity index (χ0n) is 8.91. The van der Waals surface area contributed by atoms with Gasteiger partial charge in [0.1, 0.15) is 5.82 Å². The van der Waals surface area contributed by atoms with Gasteiger partial charge in [-0.15, -0.1) is 0 Å². The number of aromatic nitrogens is 2. The van der Waals surface area contributed by atoms with Crippen LogP contribution in [0.25, 0.3) is 10.9 Å². The molecule has 0 bridgehead atoms. The number of hydrogen-bond donors (Lipinski definition) is 1. The van der Waals surface area contributed by atoms with Gasteiger partial charge >= 0.3 is 0 Å². The average Bonchev–Trinajstić information content (AvgIpc) is 2.18. The average molecular weight is 236 g/mol. The number of amides is 1. The number of fused-ring (bicyclic) bond motifs is 1. The molecule has 0 saturated heterocycles. The Hall–Kier alpha value is -1.68. The highest BCUT2D eigenvalue weighted by atomic mass is 35.5. The number of carbonyl (C=O) groups excluding carboxylic acids is 1. The van der Waals surface area contributed by atoms with E-state index in [0.717, 1.165) is 16.5 Å². The van der Waals surface area contributed by atoms with Crippen molar-refractivity contribution in [2.24, 2.45) is 0 Å². The lowest BCUT2D eigenvalue weighted by Gasteiger charge is -2.07. The molecule has 0 aliphatic heterocycles. The number of anilines is 1. The van der Waals surface area contributed by atoms with Gasteiger partial charge in [0, 0.05) is 12.3 Å². The zero-order valence-corrected chi connectivity index (χ0v) is 9.67. The molecule has 0 spiro atoms. The zero-order chi connectivity index (χ0) is 11.7. The highest BCUT2D eigenvalue weighted by Crippen LogP contribution is 2.24. The molecule has 1 aromatic carbocycles. The van der Waals surface area contributed by atoms with Crippen LogP contribution in [-0.4, -0.2) is 15.9 Å². The number of nitrogens with zero attached hydrogens (tertiary/aromatic N) is 2. The molecule has 4 nitrogen and oxygen atoms in total. The molecule has 82 valence electrons. The minimum Gasteiger partial charge on any atom is -0.310 e. The van der Waals surface area contributed by atoms with Crippen LogP contribution in [0, 0.1) is 6.92 Å². The second kappa shape index (κ2) is 4.06. The Morgan fingerprint density at radius 1 is 1.38 bits per heavy atom. The number of hydrogen-bond acceptors (Lipinski definition) is 3. The minimum absolute atomic E-state index is 0.130. The van der Waals surface area contributed by atoms with Gasteiger partial charge in [0.2, 0.25) is 11.2 Å². The lowest BCUT2D eigenvalue weighted by atomic mass is 10.1. The summed E-state index contributed by atoms with van der Waals surface area (Å²) in [6.07, 6.45) is 0. The maximum atomic E-state index is 11.0. The van der Waals surface area contributed by atoms with Crippen LogP contribution in [0.1, 0.15) is 12.5 Å². The number of nitrogens with one attached hydrogen (secondary N) is 1. The Labute approximate surface area is 97.7 Å². The van der Waals surface area contributed by atoms with Crippen LogP contribution >= 0.6 is 11.6 Å². The number of para-hydroxylation sites is 1. The number of aryl methyl sites for hydroxylation is 1. The quantitative estimate of drug-likeness (QED) is 0.773. The predicted molar refractivity (Wildman–Crippen MR) is 63.6 cm³/mol. The lowest BCUT2D eigenvalue weighted by molar-refractivity contribution is -0.114. The van der Waals surface area contributed by atoms with Gasteiger partial charge < -0.3 is 5.32 Å². The first kappa shape index (κ1) is 10.8. The molecule has 2 aromatic rings. The summed E-state index contributed by atoms with van der Waals surface area (Å²) in [5, 5.41) is 3.56. The summed E-state index contributed by atoms with van der Waals surface area (Å²) in [5.41, 5.74) is 1.75. The van der Waals surface area contributed by atoms with Gasteiger partial charge in [0.05, 0.1) is 5.52 Å². The van der Waals surface area contributed by atoms with Gasteiger partial charge in [0.15, 0.2) is 0 Å². The molecule has 1 heterocycles. The third-order valence-corrected chi connectivity index (χ3v) is 2.36. The van der Waals surface area contributed by atoms with Gasteiger partial charge in [-0.3, -0.25) is 4.79 Å². The molecule has 1 amide bonds. The molecule has 0 aliphatic carbocycles. The Bertz CT molecular complexity index is 568. The fraction of sp³-hybridized carbons (Fsp3) is 0.182. The number of rotatable bonds is 1. The first-order valence-electron chi connectivity index (χ1n) is 4.78. The maximum Gasteiger partial charge on any atom is 0.224 e. The van der Waals surface area contributed by atoms with E-state index in [0.29, 0.717) is 5.82 Å². The molecule has 0 unspecified atom stereocenters. The van der Waals surface area contributed by atoms with Crippen LogP contribution in [0.4, 0.5) is 5.82 Å². The van der Waals surface area contributed by atoms with E-state index in [9.17, 15) is 4.79 Å². The largest absolute Gasteiger partial charge is 0.310 e. The summed E-state index contributed by atoms with van der Waals surface area (Å²) in [5.74, 6) is 0.267. The summed E-state index contributed by atoms with van der Waals surface area (Å²) in [6.45, 7) is 3.36. The maximum absolute atomic E-state index is 11.0. The molecule has 16 heavy (non-hydrogen) atoms. The van der Waals surface area contributed by atoms with Crippen LogP contribution in [-0.2, 0) is 4.79 Å². The van der Waals surface area contributed by atoms with Crippen LogP contribution in [0.3, 0.4) is 0 Å². The van der Waals surface area contributed by atoms with Crippen molar-refractivity contribution in [2.45, 2.75) is 13.8 Å². The van der Waals surface area contributed by atoms with E-state index in [2.05, 4.69) is 15.3 Å². The summed E-state index contributed by atoms with van der Waals surface area (Å²) >= 11 is 5.81. The molecule has 0 saturated carbocycles. The van der Waals surface area contributed by atoms with Crippen molar-refractivity contribution in [3.05, 3.63) is 29.0 Å². The highest BCUT2D eigenvalue weighted by Gasteiger charge is 2.08. The van der Waals surface area contributed by atoms with Gasteiger partial charge in [-0.25, -0.2) is 4.98 Å². The van der Waals surface area contributed by atoms with E-state index in [1.807, 2.05) is 25.1 Å². The van der Waals surface area contributed by atoms with Gasteiger partial charge in [-0.2, -0.15) is 4.98 Å². The number of halogens is 1. The summed E-state index contributed by atoms with van der Waals surface area (Å²) in [4.78, 5) is 19.2. The fourth-order valence-corrected chi connectivity index (χ4v) is 1.70. The molecular weight excluding hydrogens is 226 g/mol. The van der Waals surface area contributed by atoms with Crippen LogP contribution in [0.2, 0.25) is 5.28 Å². The summed E-state index contributed by atoms with van der Waals surface area (Å²) < 4.78 is 0. The normalized spacial score (nSPS) is 10.4. The molecular formula is C11H10ClN3O. The van der Waals surface area contributed by atoms with E-state index in [1.54, 1.807) is 0 Å². The smallest absolute Gasteiger partial charge is 0.224 e. The molecule has 0 atom stereocenters. The van der Waals surface area contributed by atoms with Crippen LogP contribution in [0.5, 0.6) is 0 Å². The minimum atomic E-state index is -0.183. The molecule has 0 aliphatic rings. The predicted octanol–water partition coefficient (Wildman–Crippen LogP) is 2.55. The van der Waals surface area contributed by atoms with Crippen LogP contribution in [0.15, 0.2) is 18.2 Å². The summed E-state index contributed by atoms with van der Waals surface area (Å²) in [7, 11) is 0. The first-order valence-corrected chi connectivity index (χ1v) is 5.16. The standard InChI is InChI=1S/C11H10ClN3O/c1-6-4-3-5-8-9(6)14-11(12)15-10(8)13-7(2)16/h3-5H,1-2H3,(H,13,14,15,16). The van der Waals surface area contributed by atoms with E-state index >= 15 is 0 Å². The molecule has 0 fully saturated rings. The second-order valence-electron chi connectivity index (χ2n) is 3.49. The second-order valence-corrected chi connectivity index (χ2v) is 3.83. The van der Waals surface area contributed by atoms with Gasteiger partial charge in [-0.1, -0.05) is 12.1 Å². The van der Waals surface area contributed by atoms with E-state index in [1.165, 1.54) is 6.92 Å². The summed E-state index contributed by atoms with van der Waals surface area (Å²) in [6, 6.07) is 5.67. The highest BCUT2D eigenvalue weighted by molar-refractivity contribution is 6.29. The van der Waals surface area contributed by atoms with Crippen molar-refractivity contribution in [2.75, 3.05) is 5.32 Å². The molecule has 1 aromatic heterocycles. The van der Waals surface area contributed by atoms with Crippen molar-refractivity contribution in [1.82, 2.24) is 9.97 Å². The molecule has 0 radical (unpaired) electrons. The van der Waals surface area contributed by atoms with E-state index < -0.39 is 0 Å².